The van der Waals surface area contributed by atoms with Crippen LogP contribution >= 0.6 is 0 Å². The summed E-state index contributed by atoms with van der Waals surface area (Å²) in [5.74, 6) is -3.70. The lowest BCUT2D eigenvalue weighted by Crippen LogP contribution is -2.81. The fourth-order valence-corrected chi connectivity index (χ4v) is 11.7. The zero-order valence-corrected chi connectivity index (χ0v) is 25.7. The third kappa shape index (κ3) is 3.36. The van der Waals surface area contributed by atoms with Gasteiger partial charge in [-0.1, -0.05) is 18.2 Å². The number of methoxy groups -OCH3 is 4. The lowest BCUT2D eigenvalue weighted by atomic mass is 9.43. The molecule has 1 spiro atoms. The molecule has 1 aromatic carbocycles. The van der Waals surface area contributed by atoms with E-state index in [1.807, 2.05) is 0 Å². The van der Waals surface area contributed by atoms with Crippen molar-refractivity contribution >= 4 is 11.9 Å². The van der Waals surface area contributed by atoms with Gasteiger partial charge in [0.15, 0.2) is 5.60 Å². The maximum absolute atomic E-state index is 13.6. The number of rotatable bonds is 8. The standard InChI is InChI=1S/C32H43NO11/c1-15(34)44-32-20-17(12-30(38,27(42-5)25(32)36)26(20)43-28(37)16-9-7-6-8-10-16)31-19(40-3)11-18(35)29(14-39-2)13-33-24(31)21(32)22(41-4)23(29)31/h6-10,17-27,33,35-36,38H,11-14H2,1-5H3/t17-,18?,19?,20-,21+,22?,23-,24-,25?,26?,27?,29+,30+,31+,32-/m1/s1. The van der Waals surface area contributed by atoms with Crippen LogP contribution in [0.25, 0.3) is 0 Å². The Labute approximate surface area is 256 Å². The van der Waals surface area contributed by atoms with Gasteiger partial charge in [-0.15, -0.1) is 0 Å². The van der Waals surface area contributed by atoms with Crippen LogP contribution in [0.4, 0.5) is 0 Å². The van der Waals surface area contributed by atoms with Crippen molar-refractivity contribution in [3.8, 4) is 0 Å². The van der Waals surface area contributed by atoms with E-state index in [1.165, 1.54) is 14.0 Å². The smallest absolute Gasteiger partial charge is 0.338 e. The average Bonchev–Trinajstić information content (AvgIpc) is 3.35. The van der Waals surface area contributed by atoms with Crippen LogP contribution in [0, 0.1) is 34.5 Å². The minimum absolute atomic E-state index is 0.0693. The highest BCUT2D eigenvalue weighted by molar-refractivity contribution is 5.89. The lowest BCUT2D eigenvalue weighted by Gasteiger charge is -2.68. The van der Waals surface area contributed by atoms with E-state index in [1.54, 1.807) is 51.7 Å². The third-order valence-electron chi connectivity index (χ3n) is 12.6. The Balaban J connectivity index is 1.50. The first-order valence-corrected chi connectivity index (χ1v) is 15.4. The second-order valence-corrected chi connectivity index (χ2v) is 13.8. The Bertz CT molecular complexity index is 1310. The quantitative estimate of drug-likeness (QED) is 0.288. The van der Waals surface area contributed by atoms with Gasteiger partial charge in [-0.3, -0.25) is 4.79 Å². The minimum atomic E-state index is -1.83. The molecule has 5 aliphatic carbocycles. The second-order valence-electron chi connectivity index (χ2n) is 13.8. The van der Waals surface area contributed by atoms with Crippen LogP contribution in [0.1, 0.15) is 30.1 Å². The zero-order valence-electron chi connectivity index (χ0n) is 25.7. The van der Waals surface area contributed by atoms with E-state index in [0.29, 0.717) is 18.5 Å². The molecule has 12 nitrogen and oxygen atoms in total. The van der Waals surface area contributed by atoms with Gasteiger partial charge in [0.2, 0.25) is 0 Å². The van der Waals surface area contributed by atoms with E-state index in [2.05, 4.69) is 5.32 Å². The maximum atomic E-state index is 13.6. The molecule has 7 bridgehead atoms. The zero-order chi connectivity index (χ0) is 31.4. The van der Waals surface area contributed by atoms with Gasteiger partial charge < -0.3 is 49.1 Å². The minimum Gasteiger partial charge on any atom is -0.455 e. The number of piperidine rings is 1. The number of carbonyl (C=O) groups is 2. The predicted molar refractivity (Wildman–Crippen MR) is 151 cm³/mol. The summed E-state index contributed by atoms with van der Waals surface area (Å²) < 4.78 is 36.9. The molecule has 0 radical (unpaired) electrons. The number of benzene rings is 1. The molecule has 6 fully saturated rings. The van der Waals surface area contributed by atoms with E-state index < -0.39 is 94.4 Å². The molecule has 0 amide bonds. The molecular formula is C32H43NO11. The Kier molecular flexibility index (Phi) is 7.05. The maximum Gasteiger partial charge on any atom is 0.338 e. The topological polar surface area (TPSA) is 162 Å². The highest BCUT2D eigenvalue weighted by atomic mass is 16.6. The monoisotopic (exact) mass is 617 g/mol. The van der Waals surface area contributed by atoms with Crippen molar-refractivity contribution in [1.29, 1.82) is 0 Å². The number of esters is 2. The van der Waals surface area contributed by atoms with Crippen molar-refractivity contribution in [2.24, 2.45) is 34.5 Å². The molecule has 1 saturated heterocycles. The fraction of sp³-hybridized carbons (Fsp3) is 0.750. The summed E-state index contributed by atoms with van der Waals surface area (Å²) in [6, 6.07) is 8.08. The number of fused-ring (bicyclic) bond motifs is 2. The SMILES string of the molecule is COC[C@]12CN[C@@H]3[C@@H]4C(OC)[C@H]1[C@@]3(C(OC)CC2O)[C@@H]1C[C@@]2(O)C(OC)C(O)[C@@]4(OC(C)=O)[C@H]1C2OC(=O)c1ccccc1. The summed E-state index contributed by atoms with van der Waals surface area (Å²) in [5.41, 5.74) is -4.81. The second kappa shape index (κ2) is 10.2. The summed E-state index contributed by atoms with van der Waals surface area (Å²) in [6.07, 6.45) is -5.53. The molecule has 44 heavy (non-hydrogen) atoms. The fourth-order valence-electron chi connectivity index (χ4n) is 11.7. The number of aliphatic hydroxyl groups is 3. The summed E-state index contributed by atoms with van der Waals surface area (Å²) >= 11 is 0. The van der Waals surface area contributed by atoms with E-state index in [-0.39, 0.29) is 18.9 Å². The molecule has 242 valence electrons. The summed E-state index contributed by atoms with van der Waals surface area (Å²) in [4.78, 5) is 26.7. The van der Waals surface area contributed by atoms with Crippen LogP contribution in [0.5, 0.6) is 0 Å². The van der Waals surface area contributed by atoms with Crippen molar-refractivity contribution in [3.05, 3.63) is 35.9 Å². The molecule has 7 rings (SSSR count). The van der Waals surface area contributed by atoms with Gasteiger partial charge in [-0.05, 0) is 24.5 Å². The van der Waals surface area contributed by atoms with Crippen LogP contribution in [-0.2, 0) is 33.2 Å². The van der Waals surface area contributed by atoms with E-state index >= 15 is 0 Å². The molecule has 1 heterocycles. The summed E-state index contributed by atoms with van der Waals surface area (Å²) in [7, 11) is 6.18. The van der Waals surface area contributed by atoms with Crippen molar-refractivity contribution in [2.75, 3.05) is 41.6 Å². The first-order valence-electron chi connectivity index (χ1n) is 15.4. The molecule has 12 heteroatoms. The van der Waals surface area contributed by atoms with Gasteiger partial charge in [-0.2, -0.15) is 0 Å². The van der Waals surface area contributed by atoms with E-state index in [4.69, 9.17) is 28.4 Å². The molecule has 6 unspecified atom stereocenters. The van der Waals surface area contributed by atoms with Gasteiger partial charge in [0.05, 0.1) is 30.5 Å². The normalized spacial score (nSPS) is 51.1. The summed E-state index contributed by atoms with van der Waals surface area (Å²) in [5, 5.41) is 40.4. The molecule has 6 aliphatic rings. The number of ether oxygens (including phenoxy) is 6. The van der Waals surface area contributed by atoms with Crippen LogP contribution in [0.15, 0.2) is 30.3 Å². The molecule has 1 aromatic rings. The number of hydrogen-bond acceptors (Lipinski definition) is 12. The van der Waals surface area contributed by atoms with Gasteiger partial charge in [0.25, 0.3) is 0 Å². The molecule has 1 aliphatic heterocycles. The van der Waals surface area contributed by atoms with Crippen LogP contribution in [-0.4, -0.2) is 123 Å². The Morgan fingerprint density at radius 2 is 1.73 bits per heavy atom. The number of aliphatic hydroxyl groups excluding tert-OH is 2. The van der Waals surface area contributed by atoms with Crippen molar-refractivity contribution in [2.45, 2.75) is 73.6 Å². The largest absolute Gasteiger partial charge is 0.455 e. The molecular weight excluding hydrogens is 574 g/mol. The lowest BCUT2D eigenvalue weighted by molar-refractivity contribution is -0.310. The molecule has 15 atom stereocenters. The first-order chi connectivity index (χ1) is 21.0. The summed E-state index contributed by atoms with van der Waals surface area (Å²) in [6.45, 7) is 1.91. The Morgan fingerprint density at radius 1 is 1.00 bits per heavy atom. The number of nitrogens with one attached hydrogen (secondary N) is 1. The number of carbonyl (C=O) groups excluding carboxylic acids is 2. The molecule has 4 N–H and O–H groups in total. The van der Waals surface area contributed by atoms with Crippen molar-refractivity contribution in [1.82, 2.24) is 5.32 Å². The molecule has 0 aromatic heterocycles. The van der Waals surface area contributed by atoms with E-state index in [0.717, 1.165) is 0 Å². The van der Waals surface area contributed by atoms with Crippen LogP contribution in [0.3, 0.4) is 0 Å². The van der Waals surface area contributed by atoms with Gasteiger partial charge in [0.1, 0.15) is 23.9 Å². The highest BCUT2D eigenvalue weighted by Gasteiger charge is 2.91. The Morgan fingerprint density at radius 3 is 2.34 bits per heavy atom. The van der Waals surface area contributed by atoms with Gasteiger partial charge in [-0.25, -0.2) is 4.79 Å². The van der Waals surface area contributed by atoms with Crippen molar-refractivity contribution in [3.63, 3.8) is 0 Å². The third-order valence-corrected chi connectivity index (χ3v) is 12.6. The van der Waals surface area contributed by atoms with Crippen LogP contribution in [0.2, 0.25) is 0 Å². The highest BCUT2D eigenvalue weighted by Crippen LogP contribution is 2.79. The first kappa shape index (κ1) is 30.5. The van der Waals surface area contributed by atoms with Crippen molar-refractivity contribution < 1.29 is 53.3 Å². The van der Waals surface area contributed by atoms with Crippen LogP contribution < -0.4 is 5.32 Å². The van der Waals surface area contributed by atoms with Gasteiger partial charge >= 0.3 is 11.9 Å². The van der Waals surface area contributed by atoms with Gasteiger partial charge in [0, 0.05) is 83.0 Å². The predicted octanol–water partition coefficient (Wildman–Crippen LogP) is -0.0842. The average molecular weight is 618 g/mol. The molecule has 5 saturated carbocycles. The van der Waals surface area contributed by atoms with E-state index in [9.17, 15) is 24.9 Å². The number of hydrogen-bond donors (Lipinski definition) is 4. The Hall–Kier alpha value is -2.16.